The Morgan fingerprint density at radius 2 is 1.80 bits per heavy atom. The van der Waals surface area contributed by atoms with Crippen molar-refractivity contribution in [2.24, 2.45) is 5.92 Å². The lowest BCUT2D eigenvalue weighted by Gasteiger charge is -2.35. The van der Waals surface area contributed by atoms with Crippen molar-refractivity contribution < 1.29 is 18.0 Å². The van der Waals surface area contributed by atoms with Gasteiger partial charge in [-0.1, -0.05) is 0 Å². The maximum absolute atomic E-state index is 12.3. The number of nitrogens with zero attached hydrogens (tertiary/aromatic N) is 1. The Kier molecular flexibility index (Phi) is 3.76. The van der Waals surface area contributed by atoms with Crippen LogP contribution in [0, 0.1) is 5.92 Å². The van der Waals surface area contributed by atoms with E-state index in [9.17, 15) is 18.0 Å². The molecule has 0 aliphatic carbocycles. The SMILES string of the molecule is CC(=O)C(C)N1CCC(C(F)(F)F)CC1. The molecular weight excluding hydrogens is 207 g/mol. The van der Waals surface area contributed by atoms with Crippen LogP contribution in [0.1, 0.15) is 26.7 Å². The fourth-order valence-corrected chi connectivity index (χ4v) is 1.87. The topological polar surface area (TPSA) is 20.3 Å². The highest BCUT2D eigenvalue weighted by molar-refractivity contribution is 5.80. The molecule has 1 aliphatic rings. The number of carbonyl (C=O) groups is 1. The molecule has 1 aliphatic heterocycles. The van der Waals surface area contributed by atoms with Gasteiger partial charge in [-0.3, -0.25) is 9.69 Å². The van der Waals surface area contributed by atoms with Gasteiger partial charge in [0.25, 0.3) is 0 Å². The molecule has 5 heteroatoms. The fourth-order valence-electron chi connectivity index (χ4n) is 1.87. The third-order valence-electron chi connectivity index (χ3n) is 3.13. The van der Waals surface area contributed by atoms with Gasteiger partial charge in [-0.25, -0.2) is 0 Å². The summed E-state index contributed by atoms with van der Waals surface area (Å²) < 4.78 is 37.0. The largest absolute Gasteiger partial charge is 0.391 e. The average molecular weight is 223 g/mol. The van der Waals surface area contributed by atoms with Gasteiger partial charge in [0.1, 0.15) is 5.78 Å². The first-order valence-corrected chi connectivity index (χ1v) is 5.13. The number of halogens is 3. The Bertz CT molecular complexity index is 231. The van der Waals surface area contributed by atoms with Gasteiger partial charge >= 0.3 is 6.18 Å². The van der Waals surface area contributed by atoms with Gasteiger partial charge in [0.05, 0.1) is 12.0 Å². The van der Waals surface area contributed by atoms with E-state index < -0.39 is 12.1 Å². The quantitative estimate of drug-likeness (QED) is 0.715. The maximum atomic E-state index is 12.3. The monoisotopic (exact) mass is 223 g/mol. The predicted molar refractivity (Wildman–Crippen MR) is 50.5 cm³/mol. The fraction of sp³-hybridized carbons (Fsp3) is 0.900. The lowest BCUT2D eigenvalue weighted by molar-refractivity contribution is -0.186. The second-order valence-corrected chi connectivity index (χ2v) is 4.14. The average Bonchev–Trinajstić information content (AvgIpc) is 2.15. The van der Waals surface area contributed by atoms with Gasteiger partial charge in [0, 0.05) is 0 Å². The molecule has 0 radical (unpaired) electrons. The number of likely N-dealkylation sites (tertiary alicyclic amines) is 1. The molecule has 0 N–H and O–H groups in total. The highest BCUT2D eigenvalue weighted by atomic mass is 19.4. The van der Waals surface area contributed by atoms with Crippen molar-refractivity contribution in [1.82, 2.24) is 4.90 Å². The molecule has 15 heavy (non-hydrogen) atoms. The molecule has 0 aromatic carbocycles. The van der Waals surface area contributed by atoms with Crippen LogP contribution in [-0.4, -0.2) is 36.0 Å². The number of Topliss-reactive ketones (excluding diaryl/α,β-unsaturated/α-hetero) is 1. The normalized spacial score (nSPS) is 22.7. The van der Waals surface area contributed by atoms with Crippen LogP contribution in [0.25, 0.3) is 0 Å². The molecule has 1 rings (SSSR count). The van der Waals surface area contributed by atoms with E-state index in [1.165, 1.54) is 6.92 Å². The molecule has 0 spiro atoms. The van der Waals surface area contributed by atoms with E-state index in [-0.39, 0.29) is 24.7 Å². The zero-order valence-electron chi connectivity index (χ0n) is 8.97. The Morgan fingerprint density at radius 3 is 2.13 bits per heavy atom. The molecular formula is C10H16F3NO. The first-order valence-electron chi connectivity index (χ1n) is 5.13. The summed E-state index contributed by atoms with van der Waals surface area (Å²) in [6, 6.07) is -0.251. The third-order valence-corrected chi connectivity index (χ3v) is 3.13. The minimum absolute atomic E-state index is 0.0143. The summed E-state index contributed by atoms with van der Waals surface area (Å²) >= 11 is 0. The number of alkyl halides is 3. The van der Waals surface area contributed by atoms with Gasteiger partial charge in [0.15, 0.2) is 0 Å². The summed E-state index contributed by atoms with van der Waals surface area (Å²) in [5.41, 5.74) is 0. The molecule has 1 saturated heterocycles. The summed E-state index contributed by atoms with van der Waals surface area (Å²) in [6.45, 7) is 3.95. The first kappa shape index (κ1) is 12.5. The van der Waals surface area contributed by atoms with E-state index in [2.05, 4.69) is 0 Å². The third kappa shape index (κ3) is 3.19. The molecule has 1 atom stereocenters. The van der Waals surface area contributed by atoms with Crippen molar-refractivity contribution in [2.45, 2.75) is 38.9 Å². The van der Waals surface area contributed by atoms with Gasteiger partial charge in [-0.05, 0) is 39.8 Å². The van der Waals surface area contributed by atoms with Crippen LogP contribution in [0.4, 0.5) is 13.2 Å². The van der Waals surface area contributed by atoms with Crippen molar-refractivity contribution >= 4 is 5.78 Å². The van der Waals surface area contributed by atoms with E-state index in [0.29, 0.717) is 13.1 Å². The molecule has 0 saturated carbocycles. The van der Waals surface area contributed by atoms with Crippen molar-refractivity contribution in [2.75, 3.05) is 13.1 Å². The Balaban J connectivity index is 2.46. The Labute approximate surface area is 87.4 Å². The molecule has 0 amide bonds. The number of hydrogen-bond donors (Lipinski definition) is 0. The Hall–Kier alpha value is -0.580. The zero-order chi connectivity index (χ0) is 11.6. The minimum Gasteiger partial charge on any atom is -0.298 e. The molecule has 88 valence electrons. The van der Waals surface area contributed by atoms with Gasteiger partial charge in [-0.2, -0.15) is 13.2 Å². The van der Waals surface area contributed by atoms with E-state index in [0.717, 1.165) is 0 Å². The molecule has 0 aromatic heterocycles. The van der Waals surface area contributed by atoms with Gasteiger partial charge in [-0.15, -0.1) is 0 Å². The van der Waals surface area contributed by atoms with E-state index in [4.69, 9.17) is 0 Å². The lowest BCUT2D eigenvalue weighted by Crippen LogP contribution is -2.45. The zero-order valence-corrected chi connectivity index (χ0v) is 8.97. The summed E-state index contributed by atoms with van der Waals surface area (Å²) in [6.07, 6.45) is -3.85. The number of carbonyl (C=O) groups excluding carboxylic acids is 1. The molecule has 2 nitrogen and oxygen atoms in total. The molecule has 0 aromatic rings. The van der Waals surface area contributed by atoms with E-state index in [1.54, 1.807) is 6.92 Å². The van der Waals surface area contributed by atoms with Crippen LogP contribution >= 0.6 is 0 Å². The summed E-state index contributed by atoms with van der Waals surface area (Å²) in [7, 11) is 0. The van der Waals surface area contributed by atoms with Crippen LogP contribution in [-0.2, 0) is 4.79 Å². The van der Waals surface area contributed by atoms with Crippen LogP contribution < -0.4 is 0 Å². The van der Waals surface area contributed by atoms with Crippen molar-refractivity contribution in [3.05, 3.63) is 0 Å². The highest BCUT2D eigenvalue weighted by Crippen LogP contribution is 2.34. The summed E-state index contributed by atoms with van der Waals surface area (Å²) in [4.78, 5) is 12.9. The van der Waals surface area contributed by atoms with Gasteiger partial charge in [0.2, 0.25) is 0 Å². The van der Waals surface area contributed by atoms with Crippen LogP contribution in [0.5, 0.6) is 0 Å². The number of rotatable bonds is 2. The standard InChI is InChI=1S/C10H16F3NO/c1-7(8(2)15)14-5-3-9(4-6-14)10(11,12)13/h7,9H,3-6H2,1-2H3. The number of hydrogen-bond acceptors (Lipinski definition) is 2. The maximum Gasteiger partial charge on any atom is 0.391 e. The lowest BCUT2D eigenvalue weighted by atomic mass is 9.95. The van der Waals surface area contributed by atoms with Crippen molar-refractivity contribution in [1.29, 1.82) is 0 Å². The van der Waals surface area contributed by atoms with Crippen LogP contribution in [0.15, 0.2) is 0 Å². The highest BCUT2D eigenvalue weighted by Gasteiger charge is 2.41. The number of ketones is 1. The minimum atomic E-state index is -4.08. The predicted octanol–water partition coefficient (Wildman–Crippen LogP) is 2.24. The number of piperidine rings is 1. The summed E-state index contributed by atoms with van der Waals surface area (Å²) in [5, 5.41) is 0. The second-order valence-electron chi connectivity index (χ2n) is 4.14. The van der Waals surface area contributed by atoms with Crippen molar-refractivity contribution in [3.63, 3.8) is 0 Å². The van der Waals surface area contributed by atoms with E-state index in [1.807, 2.05) is 4.90 Å². The second kappa shape index (κ2) is 4.51. The Morgan fingerprint density at radius 1 is 1.33 bits per heavy atom. The molecule has 1 fully saturated rings. The molecule has 1 heterocycles. The first-order chi connectivity index (χ1) is 6.82. The van der Waals surface area contributed by atoms with Crippen LogP contribution in [0.3, 0.4) is 0 Å². The van der Waals surface area contributed by atoms with Crippen LogP contribution in [0.2, 0.25) is 0 Å². The smallest absolute Gasteiger partial charge is 0.298 e. The summed E-state index contributed by atoms with van der Waals surface area (Å²) in [5.74, 6) is -1.17. The van der Waals surface area contributed by atoms with E-state index >= 15 is 0 Å². The van der Waals surface area contributed by atoms with Gasteiger partial charge < -0.3 is 0 Å². The molecule has 1 unspecified atom stereocenters. The molecule has 0 bridgehead atoms. The van der Waals surface area contributed by atoms with Crippen molar-refractivity contribution in [3.8, 4) is 0 Å².